The van der Waals surface area contributed by atoms with Crippen LogP contribution in [-0.4, -0.2) is 45.9 Å². The van der Waals surface area contributed by atoms with Crippen molar-refractivity contribution >= 4 is 34.8 Å². The SMILES string of the molecule is Cc1ccc(NC(=O)c2nc(C(F)(F)F)sc2-c2ccccc2)cc1C(=O)N1CCC(c2ccc(C(=O)O)cc2)CC1. The van der Waals surface area contributed by atoms with Crippen LogP contribution in [0, 0.1) is 6.92 Å². The van der Waals surface area contributed by atoms with Crippen LogP contribution in [-0.2, 0) is 6.18 Å². The number of aryl methyl sites for hydroxylation is 1. The van der Waals surface area contributed by atoms with Gasteiger partial charge in [0.1, 0.15) is 5.69 Å². The molecule has 0 saturated carbocycles. The van der Waals surface area contributed by atoms with E-state index in [-0.39, 0.29) is 33.6 Å². The molecular weight excluding hydrogens is 567 g/mol. The second kappa shape index (κ2) is 11.8. The van der Waals surface area contributed by atoms with Crippen molar-refractivity contribution in [3.8, 4) is 10.4 Å². The van der Waals surface area contributed by atoms with Crippen LogP contribution in [0.4, 0.5) is 18.9 Å². The van der Waals surface area contributed by atoms with Crippen LogP contribution in [0.2, 0.25) is 0 Å². The van der Waals surface area contributed by atoms with Gasteiger partial charge >= 0.3 is 12.1 Å². The van der Waals surface area contributed by atoms with Crippen molar-refractivity contribution in [2.24, 2.45) is 0 Å². The van der Waals surface area contributed by atoms with Crippen LogP contribution < -0.4 is 5.32 Å². The average molecular weight is 594 g/mol. The summed E-state index contributed by atoms with van der Waals surface area (Å²) in [4.78, 5) is 43.2. The quantitative estimate of drug-likeness (QED) is 0.248. The van der Waals surface area contributed by atoms with Crippen molar-refractivity contribution in [3.63, 3.8) is 0 Å². The zero-order chi connectivity index (χ0) is 30.0. The van der Waals surface area contributed by atoms with E-state index >= 15 is 0 Å². The fourth-order valence-electron chi connectivity index (χ4n) is 4.99. The second-order valence-electron chi connectivity index (χ2n) is 10.0. The summed E-state index contributed by atoms with van der Waals surface area (Å²) in [6.07, 6.45) is -3.28. The third kappa shape index (κ3) is 6.20. The molecule has 216 valence electrons. The first-order valence-electron chi connectivity index (χ1n) is 13.2. The number of carbonyl (C=O) groups is 3. The Bertz CT molecular complexity index is 1630. The number of carbonyl (C=O) groups excluding carboxylic acids is 2. The summed E-state index contributed by atoms with van der Waals surface area (Å²) in [7, 11) is 0. The lowest BCUT2D eigenvalue weighted by Gasteiger charge is -2.32. The molecule has 7 nitrogen and oxygen atoms in total. The number of amides is 2. The number of nitrogens with one attached hydrogen (secondary N) is 1. The summed E-state index contributed by atoms with van der Waals surface area (Å²) < 4.78 is 40.4. The van der Waals surface area contributed by atoms with E-state index < -0.39 is 23.1 Å². The molecule has 1 aliphatic heterocycles. The van der Waals surface area contributed by atoms with Crippen molar-refractivity contribution in [3.05, 3.63) is 106 Å². The number of thiazole rings is 1. The molecule has 0 unspecified atom stereocenters. The lowest BCUT2D eigenvalue weighted by atomic mass is 9.88. The number of carboxylic acids is 1. The first-order valence-corrected chi connectivity index (χ1v) is 14.0. The van der Waals surface area contributed by atoms with Crippen LogP contribution in [0.3, 0.4) is 0 Å². The number of likely N-dealkylation sites (tertiary alicyclic amines) is 1. The van der Waals surface area contributed by atoms with Gasteiger partial charge in [-0.05, 0) is 66.6 Å². The van der Waals surface area contributed by atoms with Crippen molar-refractivity contribution in [2.45, 2.75) is 31.9 Å². The number of rotatable bonds is 6. The number of piperidine rings is 1. The van der Waals surface area contributed by atoms with Crippen LogP contribution in [0.1, 0.15) is 66.1 Å². The molecule has 2 amide bonds. The minimum absolute atomic E-state index is 0.101. The molecule has 0 aliphatic carbocycles. The average Bonchev–Trinajstić information content (AvgIpc) is 3.45. The lowest BCUT2D eigenvalue weighted by Crippen LogP contribution is -2.38. The number of alkyl halides is 3. The molecule has 1 fully saturated rings. The van der Waals surface area contributed by atoms with E-state index in [1.807, 2.05) is 12.1 Å². The van der Waals surface area contributed by atoms with Gasteiger partial charge < -0.3 is 15.3 Å². The van der Waals surface area contributed by atoms with Gasteiger partial charge in [-0.3, -0.25) is 9.59 Å². The molecule has 1 saturated heterocycles. The maximum atomic E-state index is 13.5. The smallest absolute Gasteiger partial charge is 0.443 e. The first-order chi connectivity index (χ1) is 20.0. The number of halogens is 3. The molecule has 0 spiro atoms. The van der Waals surface area contributed by atoms with Gasteiger partial charge in [-0.25, -0.2) is 9.78 Å². The Hall–Kier alpha value is -4.51. The maximum absolute atomic E-state index is 13.5. The molecule has 5 rings (SSSR count). The number of hydrogen-bond donors (Lipinski definition) is 2. The van der Waals surface area contributed by atoms with E-state index in [1.165, 1.54) is 6.07 Å². The first kappa shape index (κ1) is 29.0. The highest BCUT2D eigenvalue weighted by molar-refractivity contribution is 7.15. The predicted molar refractivity (Wildman–Crippen MR) is 153 cm³/mol. The van der Waals surface area contributed by atoms with Crippen molar-refractivity contribution < 1.29 is 32.7 Å². The van der Waals surface area contributed by atoms with E-state index in [0.29, 0.717) is 54.0 Å². The number of aromatic carboxylic acids is 1. The molecule has 0 atom stereocenters. The minimum Gasteiger partial charge on any atom is -0.478 e. The Kier molecular flexibility index (Phi) is 8.13. The van der Waals surface area contributed by atoms with Crippen molar-refractivity contribution in [2.75, 3.05) is 18.4 Å². The summed E-state index contributed by atoms with van der Waals surface area (Å²) in [5.74, 6) is -1.80. The number of benzene rings is 3. The Labute approximate surface area is 243 Å². The fourth-order valence-corrected chi connectivity index (χ4v) is 5.92. The zero-order valence-corrected chi connectivity index (χ0v) is 23.3. The molecule has 1 aliphatic rings. The van der Waals surface area contributed by atoms with Crippen LogP contribution in [0.25, 0.3) is 10.4 Å². The molecule has 0 radical (unpaired) electrons. The van der Waals surface area contributed by atoms with E-state index in [1.54, 1.807) is 66.4 Å². The Morgan fingerprint density at radius 1 is 0.976 bits per heavy atom. The monoisotopic (exact) mass is 593 g/mol. The topological polar surface area (TPSA) is 99.6 Å². The van der Waals surface area contributed by atoms with Gasteiger partial charge in [-0.1, -0.05) is 48.5 Å². The maximum Gasteiger partial charge on any atom is 0.443 e. The van der Waals surface area contributed by atoms with Crippen LogP contribution >= 0.6 is 11.3 Å². The Morgan fingerprint density at radius 2 is 1.64 bits per heavy atom. The molecule has 4 aromatic rings. The van der Waals surface area contributed by atoms with E-state index in [2.05, 4.69) is 10.3 Å². The Balaban J connectivity index is 1.31. The molecule has 1 aromatic heterocycles. The highest BCUT2D eigenvalue weighted by Gasteiger charge is 2.37. The molecule has 0 bridgehead atoms. The second-order valence-corrected chi connectivity index (χ2v) is 11.0. The molecule has 3 aromatic carbocycles. The number of aromatic nitrogens is 1. The van der Waals surface area contributed by atoms with Crippen LogP contribution in [0.5, 0.6) is 0 Å². The third-order valence-electron chi connectivity index (χ3n) is 7.26. The highest BCUT2D eigenvalue weighted by Crippen LogP contribution is 2.39. The summed E-state index contributed by atoms with van der Waals surface area (Å²) in [6.45, 7) is 2.78. The van der Waals surface area contributed by atoms with Crippen LogP contribution in [0.15, 0.2) is 72.8 Å². The molecule has 2 N–H and O–H groups in total. The van der Waals surface area contributed by atoms with Gasteiger partial charge in [0.25, 0.3) is 11.8 Å². The van der Waals surface area contributed by atoms with E-state index in [9.17, 15) is 27.6 Å². The van der Waals surface area contributed by atoms with Crippen molar-refractivity contribution in [1.82, 2.24) is 9.88 Å². The highest BCUT2D eigenvalue weighted by atomic mass is 32.1. The number of carboxylic acid groups (broad SMARTS) is 1. The van der Waals surface area contributed by atoms with Gasteiger partial charge in [0.05, 0.1) is 10.4 Å². The van der Waals surface area contributed by atoms with E-state index in [0.717, 1.165) is 5.56 Å². The van der Waals surface area contributed by atoms with Crippen molar-refractivity contribution in [1.29, 1.82) is 0 Å². The number of hydrogen-bond acceptors (Lipinski definition) is 5. The molecule has 42 heavy (non-hydrogen) atoms. The predicted octanol–water partition coefficient (Wildman–Crippen LogP) is 7.11. The molecular formula is C31H26F3N3O4S. The van der Waals surface area contributed by atoms with Gasteiger partial charge in [-0.15, -0.1) is 11.3 Å². The zero-order valence-electron chi connectivity index (χ0n) is 22.4. The summed E-state index contributed by atoms with van der Waals surface area (Å²) in [5, 5.41) is 10.6. The lowest BCUT2D eigenvalue weighted by molar-refractivity contribution is -0.137. The summed E-state index contributed by atoms with van der Waals surface area (Å²) in [6, 6.07) is 19.9. The Morgan fingerprint density at radius 3 is 2.26 bits per heavy atom. The number of nitrogens with zero attached hydrogens (tertiary/aromatic N) is 2. The van der Waals surface area contributed by atoms with Gasteiger partial charge in [0.2, 0.25) is 0 Å². The molecule has 11 heteroatoms. The van der Waals surface area contributed by atoms with Gasteiger partial charge in [0.15, 0.2) is 5.01 Å². The standard InChI is InChI=1S/C31H26F3N3O4S/c1-18-7-12-23(35-27(38)25-26(21-5-3-2-4-6-21)42-30(36-25)31(32,33)34)17-24(18)28(39)37-15-13-20(14-16-37)19-8-10-22(11-9-19)29(40)41/h2-12,17,20H,13-16H2,1H3,(H,35,38)(H,40,41). The third-order valence-corrected chi connectivity index (χ3v) is 8.41. The largest absolute Gasteiger partial charge is 0.478 e. The molecule has 2 heterocycles. The normalized spacial score (nSPS) is 14.0. The summed E-state index contributed by atoms with van der Waals surface area (Å²) >= 11 is 0.404. The van der Waals surface area contributed by atoms with Gasteiger partial charge in [0, 0.05) is 24.3 Å². The van der Waals surface area contributed by atoms with E-state index in [4.69, 9.17) is 5.11 Å². The fraction of sp³-hybridized carbons (Fsp3) is 0.226. The minimum atomic E-state index is -4.70. The number of anilines is 1. The summed E-state index contributed by atoms with van der Waals surface area (Å²) in [5.41, 5.74) is 2.70. The van der Waals surface area contributed by atoms with Gasteiger partial charge in [-0.2, -0.15) is 13.2 Å².